The Morgan fingerprint density at radius 3 is 1.71 bits per heavy atom. The molecule has 0 atom stereocenters. The maximum absolute atomic E-state index is 5.95. The summed E-state index contributed by atoms with van der Waals surface area (Å²) in [5, 5.41) is 0. The Bertz CT molecular complexity index is 108. The molecule has 0 aliphatic rings. The monoisotopic (exact) mass is 202 g/mol. The number of hydrogen-bond donors (Lipinski definition) is 0. The topological polar surface area (TPSA) is 9.23 Å². The van der Waals surface area contributed by atoms with Crippen molar-refractivity contribution in [2.24, 2.45) is 0 Å². The zero-order chi connectivity index (χ0) is 10.9. The van der Waals surface area contributed by atoms with Crippen molar-refractivity contribution in [1.82, 2.24) is 0 Å². The lowest BCUT2D eigenvalue weighted by Crippen LogP contribution is -2.49. The van der Waals surface area contributed by atoms with Crippen molar-refractivity contribution in [3.8, 4) is 0 Å². The summed E-state index contributed by atoms with van der Waals surface area (Å²) in [6.07, 6.45) is 4.97. The van der Waals surface area contributed by atoms with E-state index in [1.165, 1.54) is 45.3 Å². The normalized spacial score (nSPS) is 12.0. The molecule has 0 heterocycles. The van der Waals surface area contributed by atoms with Gasteiger partial charge in [-0.3, -0.25) is 0 Å². The highest BCUT2D eigenvalue weighted by molar-refractivity contribution is 4.38. The van der Waals surface area contributed by atoms with Crippen LogP contribution in [0.15, 0.2) is 0 Å². The summed E-state index contributed by atoms with van der Waals surface area (Å²) in [5.74, 6) is 0. The average Bonchev–Trinajstić information content (AvgIpc) is 2.16. The molecule has 0 bridgehead atoms. The van der Waals surface area contributed by atoms with Crippen LogP contribution in [0.2, 0.25) is 0 Å². The van der Waals surface area contributed by atoms with Gasteiger partial charge in [0.15, 0.2) is 0 Å². The van der Waals surface area contributed by atoms with E-state index < -0.39 is 0 Å². The molecule has 0 saturated carbocycles. The maximum Gasteiger partial charge on any atom is 0.109 e. The molecule has 0 saturated heterocycles. The van der Waals surface area contributed by atoms with Crippen LogP contribution in [-0.2, 0) is 4.84 Å². The molecule has 0 rings (SSSR count). The molecule has 14 heavy (non-hydrogen) atoms. The number of quaternary nitrogens is 1. The summed E-state index contributed by atoms with van der Waals surface area (Å²) < 4.78 is 0.886. The van der Waals surface area contributed by atoms with Crippen LogP contribution in [0.1, 0.15) is 53.4 Å². The van der Waals surface area contributed by atoms with E-state index in [4.69, 9.17) is 4.84 Å². The van der Waals surface area contributed by atoms with Gasteiger partial charge in [-0.2, -0.15) is 4.65 Å². The highest BCUT2D eigenvalue weighted by Gasteiger charge is 2.26. The van der Waals surface area contributed by atoms with Gasteiger partial charge in [-0.25, -0.2) is 4.84 Å². The summed E-state index contributed by atoms with van der Waals surface area (Å²) in [6, 6.07) is 0. The third-order valence-corrected chi connectivity index (χ3v) is 2.58. The van der Waals surface area contributed by atoms with E-state index in [1.807, 2.05) is 0 Å². The van der Waals surface area contributed by atoms with Gasteiger partial charge >= 0.3 is 0 Å². The van der Waals surface area contributed by atoms with E-state index in [0.717, 1.165) is 11.3 Å². The Balaban J connectivity index is 4.21. The fraction of sp³-hybridized carbons (Fsp3) is 1.00. The van der Waals surface area contributed by atoms with Crippen LogP contribution in [0, 0.1) is 0 Å². The minimum absolute atomic E-state index is 0.837. The predicted molar refractivity (Wildman–Crippen MR) is 62.0 cm³/mol. The van der Waals surface area contributed by atoms with Crippen molar-refractivity contribution in [1.29, 1.82) is 0 Å². The minimum atomic E-state index is 0.837. The Kier molecular flexibility index (Phi) is 8.20. The van der Waals surface area contributed by atoms with Gasteiger partial charge in [0.2, 0.25) is 0 Å². The SMILES string of the molecule is CCCC[N+](CCC)(CCC)OCC. The smallest absolute Gasteiger partial charge is 0.109 e. The maximum atomic E-state index is 5.95. The van der Waals surface area contributed by atoms with Crippen molar-refractivity contribution in [3.05, 3.63) is 0 Å². The Morgan fingerprint density at radius 1 is 0.786 bits per heavy atom. The molecule has 0 aliphatic heterocycles. The van der Waals surface area contributed by atoms with E-state index >= 15 is 0 Å². The molecule has 0 fully saturated rings. The first-order chi connectivity index (χ1) is 6.74. The zero-order valence-corrected chi connectivity index (χ0v) is 10.5. The summed E-state index contributed by atoms with van der Waals surface area (Å²) in [5.41, 5.74) is 0. The molecule has 0 unspecified atom stereocenters. The fourth-order valence-electron chi connectivity index (χ4n) is 2.06. The fourth-order valence-corrected chi connectivity index (χ4v) is 2.06. The van der Waals surface area contributed by atoms with Crippen LogP contribution < -0.4 is 0 Å². The summed E-state index contributed by atoms with van der Waals surface area (Å²) >= 11 is 0. The molecule has 86 valence electrons. The van der Waals surface area contributed by atoms with Crippen LogP contribution in [0.5, 0.6) is 0 Å². The first kappa shape index (κ1) is 13.9. The molecule has 0 spiro atoms. The van der Waals surface area contributed by atoms with Gasteiger partial charge < -0.3 is 0 Å². The third kappa shape index (κ3) is 4.97. The van der Waals surface area contributed by atoms with Crippen molar-refractivity contribution in [3.63, 3.8) is 0 Å². The molecule has 0 amide bonds. The van der Waals surface area contributed by atoms with E-state index in [-0.39, 0.29) is 0 Å². The van der Waals surface area contributed by atoms with Crippen molar-refractivity contribution in [2.75, 3.05) is 26.2 Å². The summed E-state index contributed by atoms with van der Waals surface area (Å²) in [6.45, 7) is 13.2. The highest BCUT2D eigenvalue weighted by atomic mass is 16.7. The third-order valence-electron chi connectivity index (χ3n) is 2.58. The molecule has 0 aromatic carbocycles. The van der Waals surface area contributed by atoms with Crippen LogP contribution >= 0.6 is 0 Å². The predicted octanol–water partition coefficient (Wildman–Crippen LogP) is 3.37. The van der Waals surface area contributed by atoms with Crippen molar-refractivity contribution < 1.29 is 9.48 Å². The molecule has 0 aliphatic carbocycles. The quantitative estimate of drug-likeness (QED) is 0.411. The van der Waals surface area contributed by atoms with Crippen LogP contribution in [-0.4, -0.2) is 30.9 Å². The number of nitrogens with zero attached hydrogens (tertiary/aromatic N) is 1. The van der Waals surface area contributed by atoms with E-state index in [1.54, 1.807) is 0 Å². The van der Waals surface area contributed by atoms with Crippen LogP contribution in [0.4, 0.5) is 0 Å². The first-order valence-corrected chi connectivity index (χ1v) is 6.25. The molecule has 0 aromatic heterocycles. The largest absolute Gasteiger partial charge is 0.203 e. The van der Waals surface area contributed by atoms with Gasteiger partial charge in [-0.1, -0.05) is 27.2 Å². The van der Waals surface area contributed by atoms with Gasteiger partial charge in [0.05, 0.1) is 0 Å². The lowest BCUT2D eigenvalue weighted by molar-refractivity contribution is -1.10. The number of rotatable bonds is 9. The molecule has 0 radical (unpaired) electrons. The van der Waals surface area contributed by atoms with Gasteiger partial charge in [0.25, 0.3) is 0 Å². The minimum Gasteiger partial charge on any atom is -0.203 e. The Morgan fingerprint density at radius 2 is 1.36 bits per heavy atom. The highest BCUT2D eigenvalue weighted by Crippen LogP contribution is 2.13. The van der Waals surface area contributed by atoms with E-state index in [9.17, 15) is 0 Å². The molecule has 0 aromatic rings. The molecule has 2 nitrogen and oxygen atoms in total. The second-order valence-corrected chi connectivity index (χ2v) is 4.00. The first-order valence-electron chi connectivity index (χ1n) is 6.25. The standard InChI is InChI=1S/C12H28NO/c1-5-9-12-13(10-6-2,11-7-3)14-8-4/h5-12H2,1-4H3/q+1. The van der Waals surface area contributed by atoms with Gasteiger partial charge in [-0.05, 0) is 26.2 Å². The van der Waals surface area contributed by atoms with Crippen LogP contribution in [0.25, 0.3) is 0 Å². The van der Waals surface area contributed by atoms with E-state index in [0.29, 0.717) is 0 Å². The van der Waals surface area contributed by atoms with Crippen molar-refractivity contribution in [2.45, 2.75) is 53.4 Å². The summed E-state index contributed by atoms with van der Waals surface area (Å²) in [4.78, 5) is 5.95. The molecule has 0 N–H and O–H groups in total. The lowest BCUT2D eigenvalue weighted by atomic mass is 10.2. The van der Waals surface area contributed by atoms with Crippen LogP contribution in [0.3, 0.4) is 0 Å². The molecule has 2 heteroatoms. The van der Waals surface area contributed by atoms with Gasteiger partial charge in [0.1, 0.15) is 26.2 Å². The number of hydroxylamine groups is 3. The number of hydrogen-bond acceptors (Lipinski definition) is 1. The average molecular weight is 202 g/mol. The van der Waals surface area contributed by atoms with Gasteiger partial charge in [-0.15, -0.1) is 0 Å². The van der Waals surface area contributed by atoms with Gasteiger partial charge in [0, 0.05) is 0 Å². The molecular formula is C12H28NO+. The second kappa shape index (κ2) is 8.25. The summed E-state index contributed by atoms with van der Waals surface area (Å²) in [7, 11) is 0. The Labute approximate surface area is 89.8 Å². The lowest BCUT2D eigenvalue weighted by Gasteiger charge is -2.35. The zero-order valence-electron chi connectivity index (χ0n) is 10.5. The molecular weight excluding hydrogens is 174 g/mol. The Hall–Kier alpha value is -0.0800. The van der Waals surface area contributed by atoms with Crippen molar-refractivity contribution >= 4 is 0 Å². The van der Waals surface area contributed by atoms with E-state index in [2.05, 4.69) is 27.7 Å². The number of unbranched alkanes of at least 4 members (excludes halogenated alkanes) is 1. The second-order valence-electron chi connectivity index (χ2n) is 4.00.